The number of rotatable bonds is 8. The van der Waals surface area contributed by atoms with Crippen molar-refractivity contribution in [3.05, 3.63) is 88.4 Å². The highest BCUT2D eigenvalue weighted by Crippen LogP contribution is 2.24. The summed E-state index contributed by atoms with van der Waals surface area (Å²) in [6, 6.07) is 21.7. The molecule has 3 rings (SSSR count). The summed E-state index contributed by atoms with van der Waals surface area (Å²) >= 11 is 3.50. The number of carbonyl (C=O) groups excluding carboxylic acids is 2. The van der Waals surface area contributed by atoms with Crippen molar-refractivity contribution in [2.75, 3.05) is 26.0 Å². The zero-order valence-corrected chi connectivity index (χ0v) is 18.9. The molecule has 0 aliphatic carbocycles. The Morgan fingerprint density at radius 1 is 0.903 bits per heavy atom. The van der Waals surface area contributed by atoms with Gasteiger partial charge in [-0.1, -0.05) is 46.3 Å². The standard InChI is InChI=1S/C24H23BrN2O4/c1-27(2)23(28)16-30-19-13-11-18(12-14-19)26-24(29)20-8-4-6-10-22(20)31-15-17-7-3-5-9-21(17)25/h3-14H,15-16H2,1-2H3,(H,26,29). The smallest absolute Gasteiger partial charge is 0.259 e. The first kappa shape index (κ1) is 22.4. The van der Waals surface area contributed by atoms with E-state index in [-0.39, 0.29) is 18.4 Å². The summed E-state index contributed by atoms with van der Waals surface area (Å²) < 4.78 is 12.3. The average Bonchev–Trinajstić information content (AvgIpc) is 2.78. The number of ether oxygens (including phenoxy) is 2. The van der Waals surface area contributed by atoms with Gasteiger partial charge in [0.2, 0.25) is 0 Å². The fourth-order valence-electron chi connectivity index (χ4n) is 2.66. The lowest BCUT2D eigenvalue weighted by atomic mass is 10.1. The number of likely N-dealkylation sites (N-methyl/N-ethyl adjacent to an activating group) is 1. The average molecular weight is 483 g/mol. The van der Waals surface area contributed by atoms with Crippen LogP contribution in [-0.2, 0) is 11.4 Å². The van der Waals surface area contributed by atoms with E-state index in [1.807, 2.05) is 30.3 Å². The summed E-state index contributed by atoms with van der Waals surface area (Å²) in [5.74, 6) is 0.638. The van der Waals surface area contributed by atoms with Gasteiger partial charge in [0, 0.05) is 29.8 Å². The van der Waals surface area contributed by atoms with Crippen LogP contribution in [0.15, 0.2) is 77.3 Å². The van der Waals surface area contributed by atoms with Crippen molar-refractivity contribution in [2.45, 2.75) is 6.61 Å². The molecule has 0 heterocycles. The second-order valence-electron chi connectivity index (χ2n) is 6.93. The minimum atomic E-state index is -0.279. The van der Waals surface area contributed by atoms with Gasteiger partial charge in [-0.2, -0.15) is 0 Å². The van der Waals surface area contributed by atoms with E-state index in [4.69, 9.17) is 9.47 Å². The van der Waals surface area contributed by atoms with Crippen LogP contribution in [0.2, 0.25) is 0 Å². The number of benzene rings is 3. The number of hydrogen-bond acceptors (Lipinski definition) is 4. The number of nitrogens with one attached hydrogen (secondary N) is 1. The van der Waals surface area contributed by atoms with Gasteiger partial charge in [-0.3, -0.25) is 9.59 Å². The van der Waals surface area contributed by atoms with Gasteiger partial charge in [0.1, 0.15) is 18.1 Å². The van der Waals surface area contributed by atoms with Gasteiger partial charge >= 0.3 is 0 Å². The van der Waals surface area contributed by atoms with Crippen LogP contribution in [0.5, 0.6) is 11.5 Å². The summed E-state index contributed by atoms with van der Waals surface area (Å²) in [7, 11) is 3.34. The number of amides is 2. The Balaban J connectivity index is 1.63. The molecule has 0 unspecified atom stereocenters. The Kier molecular flexibility index (Phi) is 7.67. The molecule has 160 valence electrons. The summed E-state index contributed by atoms with van der Waals surface area (Å²) in [6.07, 6.45) is 0. The Labute approximate surface area is 189 Å². The van der Waals surface area contributed by atoms with Gasteiger partial charge < -0.3 is 19.7 Å². The molecule has 0 aliphatic rings. The normalized spacial score (nSPS) is 10.3. The quantitative estimate of drug-likeness (QED) is 0.503. The molecule has 0 saturated carbocycles. The highest BCUT2D eigenvalue weighted by Gasteiger charge is 2.13. The van der Waals surface area contributed by atoms with Crippen LogP contribution < -0.4 is 14.8 Å². The van der Waals surface area contributed by atoms with E-state index in [0.29, 0.717) is 29.4 Å². The number of hydrogen-bond donors (Lipinski definition) is 1. The summed E-state index contributed by atoms with van der Waals surface area (Å²) in [4.78, 5) is 25.9. The zero-order chi connectivity index (χ0) is 22.2. The fraction of sp³-hybridized carbons (Fsp3) is 0.167. The number of carbonyl (C=O) groups is 2. The van der Waals surface area contributed by atoms with Gasteiger partial charge in [0.05, 0.1) is 5.56 Å². The zero-order valence-electron chi connectivity index (χ0n) is 17.3. The molecule has 0 saturated heterocycles. The molecule has 3 aromatic rings. The van der Waals surface area contributed by atoms with Crippen LogP contribution in [0.3, 0.4) is 0 Å². The minimum Gasteiger partial charge on any atom is -0.488 e. The predicted octanol–water partition coefficient (Wildman–Crippen LogP) is 4.75. The number of nitrogens with zero attached hydrogens (tertiary/aromatic N) is 1. The molecule has 3 aromatic carbocycles. The van der Waals surface area contributed by atoms with Gasteiger partial charge in [0.25, 0.3) is 11.8 Å². The Hall–Kier alpha value is -3.32. The first-order valence-corrected chi connectivity index (χ1v) is 10.4. The lowest BCUT2D eigenvalue weighted by molar-refractivity contribution is -0.130. The number of anilines is 1. The van der Waals surface area contributed by atoms with Crippen molar-refractivity contribution in [1.29, 1.82) is 0 Å². The second-order valence-corrected chi connectivity index (χ2v) is 7.79. The third-order valence-electron chi connectivity index (χ3n) is 4.45. The van der Waals surface area contributed by atoms with Gasteiger partial charge in [-0.15, -0.1) is 0 Å². The molecule has 2 amide bonds. The van der Waals surface area contributed by atoms with Crippen molar-refractivity contribution >= 4 is 33.4 Å². The monoisotopic (exact) mass is 482 g/mol. The minimum absolute atomic E-state index is 0.0407. The lowest BCUT2D eigenvalue weighted by Gasteiger charge is -2.13. The van der Waals surface area contributed by atoms with Crippen molar-refractivity contribution in [2.24, 2.45) is 0 Å². The fourth-order valence-corrected chi connectivity index (χ4v) is 3.06. The Morgan fingerprint density at radius 2 is 1.58 bits per heavy atom. The second kappa shape index (κ2) is 10.6. The predicted molar refractivity (Wildman–Crippen MR) is 124 cm³/mol. The van der Waals surface area contributed by atoms with Crippen molar-refractivity contribution in [3.63, 3.8) is 0 Å². The highest BCUT2D eigenvalue weighted by atomic mass is 79.9. The van der Waals surface area contributed by atoms with E-state index in [2.05, 4.69) is 21.2 Å². The summed E-state index contributed by atoms with van der Waals surface area (Å²) in [5, 5.41) is 2.86. The molecule has 0 aromatic heterocycles. The van der Waals surface area contributed by atoms with Gasteiger partial charge in [-0.05, 0) is 42.5 Å². The Morgan fingerprint density at radius 3 is 2.29 bits per heavy atom. The Bertz CT molecular complexity index is 1050. The van der Waals surface area contributed by atoms with Crippen LogP contribution in [0.4, 0.5) is 5.69 Å². The lowest BCUT2D eigenvalue weighted by Crippen LogP contribution is -2.27. The van der Waals surface area contributed by atoms with E-state index in [1.165, 1.54) is 4.90 Å². The van der Waals surface area contributed by atoms with E-state index >= 15 is 0 Å². The third kappa shape index (κ3) is 6.33. The van der Waals surface area contributed by atoms with E-state index in [0.717, 1.165) is 10.0 Å². The highest BCUT2D eigenvalue weighted by molar-refractivity contribution is 9.10. The largest absolute Gasteiger partial charge is 0.488 e. The van der Waals surface area contributed by atoms with Crippen LogP contribution >= 0.6 is 15.9 Å². The van der Waals surface area contributed by atoms with E-state index < -0.39 is 0 Å². The maximum absolute atomic E-state index is 12.8. The molecular formula is C24H23BrN2O4. The summed E-state index contributed by atoms with van der Waals surface area (Å²) in [6.45, 7) is 0.296. The molecule has 7 heteroatoms. The van der Waals surface area contributed by atoms with Gasteiger partial charge in [-0.25, -0.2) is 0 Å². The van der Waals surface area contributed by atoms with Crippen molar-refractivity contribution in [1.82, 2.24) is 4.90 Å². The molecule has 0 aliphatic heterocycles. The van der Waals surface area contributed by atoms with Gasteiger partial charge in [0.15, 0.2) is 6.61 Å². The molecule has 0 fully saturated rings. The molecule has 0 atom stereocenters. The molecule has 0 spiro atoms. The van der Waals surface area contributed by atoms with Crippen LogP contribution in [0, 0.1) is 0 Å². The first-order chi connectivity index (χ1) is 14.9. The molecule has 6 nitrogen and oxygen atoms in total. The maximum Gasteiger partial charge on any atom is 0.259 e. The van der Waals surface area contributed by atoms with Crippen molar-refractivity contribution < 1.29 is 19.1 Å². The molecule has 0 radical (unpaired) electrons. The topological polar surface area (TPSA) is 67.9 Å². The number of para-hydroxylation sites is 1. The summed E-state index contributed by atoms with van der Waals surface area (Å²) in [5.41, 5.74) is 2.03. The van der Waals surface area contributed by atoms with E-state index in [1.54, 1.807) is 56.6 Å². The maximum atomic E-state index is 12.8. The SMILES string of the molecule is CN(C)C(=O)COc1ccc(NC(=O)c2ccccc2OCc2ccccc2Br)cc1. The molecular weight excluding hydrogens is 460 g/mol. The van der Waals surface area contributed by atoms with E-state index in [9.17, 15) is 9.59 Å². The number of halogens is 1. The van der Waals surface area contributed by atoms with Crippen LogP contribution in [0.25, 0.3) is 0 Å². The van der Waals surface area contributed by atoms with Crippen LogP contribution in [-0.4, -0.2) is 37.4 Å². The first-order valence-electron chi connectivity index (χ1n) is 9.63. The molecule has 1 N–H and O–H groups in total. The van der Waals surface area contributed by atoms with Crippen LogP contribution in [0.1, 0.15) is 15.9 Å². The molecule has 31 heavy (non-hydrogen) atoms. The molecule has 0 bridgehead atoms. The van der Waals surface area contributed by atoms with Crippen molar-refractivity contribution in [3.8, 4) is 11.5 Å². The third-order valence-corrected chi connectivity index (χ3v) is 5.22.